The van der Waals surface area contributed by atoms with Crippen LogP contribution in [0.15, 0.2) is 0 Å². The van der Waals surface area contributed by atoms with E-state index in [1.54, 1.807) is 0 Å². The molecule has 0 aromatic carbocycles. The molecule has 13 heavy (non-hydrogen) atoms. The molecule has 0 saturated heterocycles. The Balaban J connectivity index is 0. The second kappa shape index (κ2) is 8.46. The summed E-state index contributed by atoms with van der Waals surface area (Å²) in [5.74, 6) is 0. The Morgan fingerprint density at radius 2 is 1.54 bits per heavy atom. The van der Waals surface area contributed by atoms with Gasteiger partial charge in [0.2, 0.25) is 0 Å². The standard InChI is InChI=1S/C9H18F2.C2H6/c1-4-9(3,5-2)6-8(11)7-10;1-2/h8H,4-7H2,1-3H3;1-2H3. The van der Waals surface area contributed by atoms with E-state index in [1.165, 1.54) is 0 Å². The normalized spacial score (nSPS) is 13.2. The van der Waals surface area contributed by atoms with Crippen molar-refractivity contribution in [1.29, 1.82) is 0 Å². The number of rotatable bonds is 5. The average molecular weight is 194 g/mol. The molecule has 1 unspecified atom stereocenters. The molecule has 0 aromatic heterocycles. The molecule has 1 atom stereocenters. The van der Waals surface area contributed by atoms with Crippen molar-refractivity contribution in [3.63, 3.8) is 0 Å². The topological polar surface area (TPSA) is 0 Å². The minimum Gasteiger partial charge on any atom is -0.248 e. The maximum Gasteiger partial charge on any atom is 0.129 e. The van der Waals surface area contributed by atoms with E-state index in [-0.39, 0.29) is 5.41 Å². The Hall–Kier alpha value is -0.140. The Labute approximate surface area is 81.7 Å². The van der Waals surface area contributed by atoms with Crippen LogP contribution >= 0.6 is 0 Å². The summed E-state index contributed by atoms with van der Waals surface area (Å²) in [6.07, 6.45) is 0.935. The third-order valence-corrected chi connectivity index (χ3v) is 2.59. The average Bonchev–Trinajstić information content (AvgIpc) is 2.20. The lowest BCUT2D eigenvalue weighted by atomic mass is 9.80. The zero-order valence-corrected chi connectivity index (χ0v) is 9.66. The highest BCUT2D eigenvalue weighted by Gasteiger charge is 2.24. The predicted octanol–water partition coefficient (Wildman–Crippen LogP) is 4.54. The Morgan fingerprint density at radius 1 is 1.15 bits per heavy atom. The van der Waals surface area contributed by atoms with E-state index in [4.69, 9.17) is 0 Å². The van der Waals surface area contributed by atoms with Gasteiger partial charge in [-0.2, -0.15) is 0 Å². The minimum absolute atomic E-state index is 0.00843. The van der Waals surface area contributed by atoms with E-state index < -0.39 is 12.8 Å². The lowest BCUT2D eigenvalue weighted by molar-refractivity contribution is 0.154. The summed E-state index contributed by atoms with van der Waals surface area (Å²) >= 11 is 0. The molecular formula is C11H24F2. The predicted molar refractivity (Wildman–Crippen MR) is 55.5 cm³/mol. The highest BCUT2D eigenvalue weighted by molar-refractivity contribution is 4.74. The van der Waals surface area contributed by atoms with Crippen LogP contribution in [0.5, 0.6) is 0 Å². The van der Waals surface area contributed by atoms with Crippen molar-refractivity contribution in [3.05, 3.63) is 0 Å². The lowest BCUT2D eigenvalue weighted by Gasteiger charge is -2.27. The van der Waals surface area contributed by atoms with Gasteiger partial charge in [0.05, 0.1) is 0 Å². The van der Waals surface area contributed by atoms with Crippen LogP contribution < -0.4 is 0 Å². The van der Waals surface area contributed by atoms with Crippen molar-refractivity contribution >= 4 is 0 Å². The minimum atomic E-state index is -1.26. The monoisotopic (exact) mass is 194 g/mol. The van der Waals surface area contributed by atoms with Crippen LogP contribution in [-0.2, 0) is 0 Å². The van der Waals surface area contributed by atoms with E-state index in [0.717, 1.165) is 12.8 Å². The largest absolute Gasteiger partial charge is 0.248 e. The van der Waals surface area contributed by atoms with Gasteiger partial charge in [-0.25, -0.2) is 8.78 Å². The summed E-state index contributed by atoms with van der Waals surface area (Å²) in [5.41, 5.74) is -0.00843. The maximum atomic E-state index is 12.6. The van der Waals surface area contributed by atoms with Crippen LogP contribution in [0.3, 0.4) is 0 Å². The molecule has 82 valence electrons. The van der Waals surface area contributed by atoms with Crippen molar-refractivity contribution in [2.24, 2.45) is 5.41 Å². The van der Waals surface area contributed by atoms with Gasteiger partial charge in [-0.1, -0.05) is 47.5 Å². The summed E-state index contributed by atoms with van der Waals surface area (Å²) in [5, 5.41) is 0. The van der Waals surface area contributed by atoms with E-state index in [2.05, 4.69) is 0 Å². The van der Waals surface area contributed by atoms with Gasteiger partial charge in [0.1, 0.15) is 12.8 Å². The zero-order chi connectivity index (χ0) is 10.9. The van der Waals surface area contributed by atoms with Crippen molar-refractivity contribution in [2.45, 2.75) is 60.1 Å². The molecule has 0 saturated carbocycles. The summed E-state index contributed by atoms with van der Waals surface area (Å²) < 4.78 is 24.4. The van der Waals surface area contributed by atoms with Gasteiger partial charge >= 0.3 is 0 Å². The fourth-order valence-electron chi connectivity index (χ4n) is 1.13. The van der Waals surface area contributed by atoms with E-state index in [9.17, 15) is 8.78 Å². The van der Waals surface area contributed by atoms with E-state index in [0.29, 0.717) is 6.42 Å². The Kier molecular flexibility index (Phi) is 9.98. The van der Waals surface area contributed by atoms with E-state index in [1.807, 2.05) is 34.6 Å². The van der Waals surface area contributed by atoms with Crippen LogP contribution in [0.1, 0.15) is 53.9 Å². The smallest absolute Gasteiger partial charge is 0.129 e. The number of halogens is 2. The lowest BCUT2D eigenvalue weighted by Crippen LogP contribution is -2.20. The van der Waals surface area contributed by atoms with Crippen molar-refractivity contribution in [2.75, 3.05) is 6.67 Å². The first-order valence-corrected chi connectivity index (χ1v) is 5.28. The van der Waals surface area contributed by atoms with Crippen LogP contribution in [0.25, 0.3) is 0 Å². The number of hydrogen-bond donors (Lipinski definition) is 0. The maximum absolute atomic E-state index is 12.6. The molecule has 0 aliphatic heterocycles. The summed E-state index contributed by atoms with van der Waals surface area (Å²) in [7, 11) is 0. The second-order valence-corrected chi connectivity index (χ2v) is 3.47. The van der Waals surface area contributed by atoms with Gasteiger partial charge in [0.15, 0.2) is 0 Å². The number of hydrogen-bond acceptors (Lipinski definition) is 0. The van der Waals surface area contributed by atoms with Crippen LogP contribution in [0.4, 0.5) is 8.78 Å². The number of alkyl halides is 2. The molecule has 0 aliphatic carbocycles. The first-order chi connectivity index (χ1) is 6.08. The molecule has 0 aromatic rings. The quantitative estimate of drug-likeness (QED) is 0.603. The highest BCUT2D eigenvalue weighted by Crippen LogP contribution is 2.31. The fraction of sp³-hybridized carbons (Fsp3) is 1.00. The first-order valence-electron chi connectivity index (χ1n) is 5.28. The van der Waals surface area contributed by atoms with Crippen molar-refractivity contribution in [3.8, 4) is 0 Å². The van der Waals surface area contributed by atoms with Gasteiger partial charge in [-0.3, -0.25) is 0 Å². The van der Waals surface area contributed by atoms with Gasteiger partial charge in [-0.15, -0.1) is 0 Å². The Morgan fingerprint density at radius 3 is 1.77 bits per heavy atom. The van der Waals surface area contributed by atoms with Crippen LogP contribution in [0, 0.1) is 5.41 Å². The molecule has 0 aliphatic rings. The summed E-state index contributed by atoms with van der Waals surface area (Å²) in [6.45, 7) is 9.22. The SMILES string of the molecule is CC.CCC(C)(CC)CC(F)CF. The zero-order valence-electron chi connectivity index (χ0n) is 9.66. The molecule has 0 heterocycles. The van der Waals surface area contributed by atoms with Gasteiger partial charge in [0.25, 0.3) is 0 Å². The van der Waals surface area contributed by atoms with Crippen LogP contribution in [-0.4, -0.2) is 12.8 Å². The van der Waals surface area contributed by atoms with Crippen molar-refractivity contribution in [1.82, 2.24) is 0 Å². The molecule has 0 rings (SSSR count). The highest BCUT2D eigenvalue weighted by atomic mass is 19.2. The molecule has 0 spiro atoms. The molecule has 0 amide bonds. The van der Waals surface area contributed by atoms with Gasteiger partial charge in [-0.05, 0) is 11.8 Å². The first kappa shape index (κ1) is 15.3. The molecule has 0 fully saturated rings. The summed E-state index contributed by atoms with van der Waals surface area (Å²) in [6, 6.07) is 0. The fourth-order valence-corrected chi connectivity index (χ4v) is 1.13. The summed E-state index contributed by atoms with van der Waals surface area (Å²) in [4.78, 5) is 0. The third kappa shape index (κ3) is 6.97. The molecule has 0 radical (unpaired) electrons. The van der Waals surface area contributed by atoms with Gasteiger partial charge < -0.3 is 0 Å². The van der Waals surface area contributed by atoms with Crippen molar-refractivity contribution < 1.29 is 8.78 Å². The Bertz CT molecular complexity index is 98.3. The van der Waals surface area contributed by atoms with Gasteiger partial charge in [0, 0.05) is 0 Å². The molecule has 0 bridgehead atoms. The molecule has 2 heteroatoms. The molecule has 0 nitrogen and oxygen atoms in total. The third-order valence-electron chi connectivity index (χ3n) is 2.59. The molecular weight excluding hydrogens is 170 g/mol. The second-order valence-electron chi connectivity index (χ2n) is 3.47. The molecule has 0 N–H and O–H groups in total. The van der Waals surface area contributed by atoms with E-state index >= 15 is 0 Å². The van der Waals surface area contributed by atoms with Crippen LogP contribution in [0.2, 0.25) is 0 Å².